The molecule has 2 aromatic carbocycles. The molecular formula is C24H29N5O2. The number of hydrogen-bond donors (Lipinski definition) is 3. The number of aromatic nitrogens is 2. The van der Waals surface area contributed by atoms with Gasteiger partial charge in [-0.3, -0.25) is 9.59 Å². The second kappa shape index (κ2) is 11.0. The van der Waals surface area contributed by atoms with Crippen molar-refractivity contribution in [3.63, 3.8) is 0 Å². The first kappa shape index (κ1) is 22.1. The van der Waals surface area contributed by atoms with Crippen molar-refractivity contribution in [1.29, 1.82) is 0 Å². The van der Waals surface area contributed by atoms with Gasteiger partial charge in [-0.2, -0.15) is 5.10 Å². The highest BCUT2D eigenvalue weighted by molar-refractivity contribution is 5.96. The molecule has 0 radical (unpaired) electrons. The number of aryl methyl sites for hydroxylation is 1. The standard InChI is InChI=1S/C24H29N5O2/c1-3-25-24-23(18(2)28-29(24)20-12-8-5-9-13-20)27-22(31)15-14-21(30)26-17-16-19-10-6-4-7-11-19/h4-13,25H,3,14-17H2,1-2H3,(H,26,30)(H,27,31). The largest absolute Gasteiger partial charge is 0.369 e. The molecule has 7 nitrogen and oxygen atoms in total. The maximum absolute atomic E-state index is 12.5. The van der Waals surface area contributed by atoms with Gasteiger partial charge in [0.1, 0.15) is 5.69 Å². The fourth-order valence-electron chi connectivity index (χ4n) is 3.27. The number of nitrogens with one attached hydrogen (secondary N) is 3. The van der Waals surface area contributed by atoms with Gasteiger partial charge in [-0.25, -0.2) is 4.68 Å². The zero-order chi connectivity index (χ0) is 22.1. The molecule has 0 saturated heterocycles. The van der Waals surface area contributed by atoms with E-state index >= 15 is 0 Å². The summed E-state index contributed by atoms with van der Waals surface area (Å²) in [6.07, 6.45) is 1.02. The molecule has 1 heterocycles. The number of anilines is 2. The van der Waals surface area contributed by atoms with Gasteiger partial charge < -0.3 is 16.0 Å². The van der Waals surface area contributed by atoms with Gasteiger partial charge in [0.05, 0.1) is 11.4 Å². The third kappa shape index (κ3) is 6.18. The molecule has 0 fully saturated rings. The molecular weight excluding hydrogens is 390 g/mol. The van der Waals surface area contributed by atoms with E-state index in [2.05, 4.69) is 21.0 Å². The molecule has 0 aliphatic heterocycles. The molecule has 162 valence electrons. The molecule has 7 heteroatoms. The zero-order valence-electron chi connectivity index (χ0n) is 18.0. The summed E-state index contributed by atoms with van der Waals surface area (Å²) in [5.41, 5.74) is 3.42. The Bertz CT molecular complexity index is 1000. The van der Waals surface area contributed by atoms with Crippen molar-refractivity contribution >= 4 is 23.3 Å². The van der Waals surface area contributed by atoms with Gasteiger partial charge in [-0.05, 0) is 38.0 Å². The molecule has 3 aromatic rings. The van der Waals surface area contributed by atoms with Crippen molar-refractivity contribution in [2.24, 2.45) is 0 Å². The third-order valence-corrected chi connectivity index (χ3v) is 4.83. The zero-order valence-corrected chi connectivity index (χ0v) is 18.0. The lowest BCUT2D eigenvalue weighted by Gasteiger charge is -2.11. The highest BCUT2D eigenvalue weighted by Gasteiger charge is 2.18. The summed E-state index contributed by atoms with van der Waals surface area (Å²) < 4.78 is 1.78. The number of benzene rings is 2. The number of hydrogen-bond acceptors (Lipinski definition) is 4. The maximum atomic E-state index is 12.5. The number of rotatable bonds is 10. The van der Waals surface area contributed by atoms with E-state index in [9.17, 15) is 9.59 Å². The molecule has 0 atom stereocenters. The van der Waals surface area contributed by atoms with Crippen molar-refractivity contribution < 1.29 is 9.59 Å². The molecule has 0 aliphatic rings. The SMILES string of the molecule is CCNc1c(NC(=O)CCC(=O)NCCc2ccccc2)c(C)nn1-c1ccccc1. The summed E-state index contributed by atoms with van der Waals surface area (Å²) >= 11 is 0. The molecule has 0 unspecified atom stereocenters. The fourth-order valence-corrected chi connectivity index (χ4v) is 3.27. The normalized spacial score (nSPS) is 10.5. The average molecular weight is 420 g/mol. The molecule has 3 N–H and O–H groups in total. The van der Waals surface area contributed by atoms with Crippen LogP contribution in [0.15, 0.2) is 60.7 Å². The summed E-state index contributed by atoms with van der Waals surface area (Å²) in [5, 5.41) is 13.7. The number of carbonyl (C=O) groups excluding carboxylic acids is 2. The van der Waals surface area contributed by atoms with Crippen LogP contribution in [0.2, 0.25) is 0 Å². The smallest absolute Gasteiger partial charge is 0.225 e. The van der Waals surface area contributed by atoms with Gasteiger partial charge in [0.2, 0.25) is 11.8 Å². The molecule has 1 aromatic heterocycles. The Hall–Kier alpha value is -3.61. The quantitative estimate of drug-likeness (QED) is 0.468. The molecule has 0 bridgehead atoms. The molecule has 0 aliphatic carbocycles. The summed E-state index contributed by atoms with van der Waals surface area (Å²) in [7, 11) is 0. The second-order valence-corrected chi connectivity index (χ2v) is 7.22. The molecule has 3 rings (SSSR count). The van der Waals surface area contributed by atoms with Crippen molar-refractivity contribution in [2.75, 3.05) is 23.7 Å². The van der Waals surface area contributed by atoms with Crippen LogP contribution in [0.1, 0.15) is 31.0 Å². The monoisotopic (exact) mass is 419 g/mol. The summed E-state index contributed by atoms with van der Waals surface area (Å²) in [6, 6.07) is 19.7. The van der Waals surface area contributed by atoms with Crippen LogP contribution in [0.25, 0.3) is 5.69 Å². The van der Waals surface area contributed by atoms with E-state index in [-0.39, 0.29) is 24.7 Å². The van der Waals surface area contributed by atoms with Gasteiger partial charge in [0, 0.05) is 25.9 Å². The van der Waals surface area contributed by atoms with E-state index in [1.54, 1.807) is 4.68 Å². The van der Waals surface area contributed by atoms with E-state index in [1.165, 1.54) is 5.56 Å². The molecule has 0 saturated carbocycles. The first-order valence-electron chi connectivity index (χ1n) is 10.6. The predicted molar refractivity (Wildman–Crippen MR) is 123 cm³/mol. The lowest BCUT2D eigenvalue weighted by atomic mass is 10.1. The van der Waals surface area contributed by atoms with Crippen LogP contribution in [0.4, 0.5) is 11.5 Å². The van der Waals surface area contributed by atoms with Crippen LogP contribution in [0.5, 0.6) is 0 Å². The van der Waals surface area contributed by atoms with Gasteiger partial charge in [0.25, 0.3) is 0 Å². The Morgan fingerprint density at radius 1 is 0.935 bits per heavy atom. The van der Waals surface area contributed by atoms with E-state index in [4.69, 9.17) is 0 Å². The summed E-state index contributed by atoms with van der Waals surface area (Å²) in [4.78, 5) is 24.6. The van der Waals surface area contributed by atoms with Crippen LogP contribution in [0, 0.1) is 6.92 Å². The van der Waals surface area contributed by atoms with Gasteiger partial charge in [-0.15, -0.1) is 0 Å². The van der Waals surface area contributed by atoms with Crippen molar-refractivity contribution in [3.05, 3.63) is 71.9 Å². The van der Waals surface area contributed by atoms with Crippen LogP contribution in [-0.2, 0) is 16.0 Å². The Labute approximate surface area is 182 Å². The van der Waals surface area contributed by atoms with Crippen molar-refractivity contribution in [2.45, 2.75) is 33.1 Å². The highest BCUT2D eigenvalue weighted by Crippen LogP contribution is 2.29. The Morgan fingerprint density at radius 3 is 2.26 bits per heavy atom. The second-order valence-electron chi connectivity index (χ2n) is 7.22. The minimum Gasteiger partial charge on any atom is -0.369 e. The van der Waals surface area contributed by atoms with Gasteiger partial charge in [-0.1, -0.05) is 48.5 Å². The lowest BCUT2D eigenvalue weighted by Crippen LogP contribution is -2.27. The molecule has 31 heavy (non-hydrogen) atoms. The number of nitrogens with zero attached hydrogens (tertiary/aromatic N) is 2. The average Bonchev–Trinajstić information content (AvgIpc) is 3.09. The number of carbonyl (C=O) groups is 2. The van der Waals surface area contributed by atoms with E-state index in [1.807, 2.05) is 74.5 Å². The highest BCUT2D eigenvalue weighted by atomic mass is 16.2. The topological polar surface area (TPSA) is 88.0 Å². The molecule has 2 amide bonds. The fraction of sp³-hybridized carbons (Fsp3) is 0.292. The minimum atomic E-state index is -0.215. The van der Waals surface area contributed by atoms with Crippen LogP contribution < -0.4 is 16.0 Å². The van der Waals surface area contributed by atoms with E-state index in [0.717, 1.165) is 17.9 Å². The third-order valence-electron chi connectivity index (χ3n) is 4.83. The summed E-state index contributed by atoms with van der Waals surface area (Å²) in [5.74, 6) is 0.384. The van der Waals surface area contributed by atoms with Crippen LogP contribution in [-0.4, -0.2) is 34.7 Å². The first-order chi connectivity index (χ1) is 15.1. The molecule has 0 spiro atoms. The maximum Gasteiger partial charge on any atom is 0.225 e. The van der Waals surface area contributed by atoms with Crippen molar-refractivity contribution in [3.8, 4) is 5.69 Å². The number of para-hydroxylation sites is 1. The summed E-state index contributed by atoms with van der Waals surface area (Å²) in [6.45, 7) is 5.08. The Morgan fingerprint density at radius 2 is 1.58 bits per heavy atom. The van der Waals surface area contributed by atoms with Crippen molar-refractivity contribution in [1.82, 2.24) is 15.1 Å². The number of amides is 2. The first-order valence-corrected chi connectivity index (χ1v) is 10.6. The van der Waals surface area contributed by atoms with E-state index < -0.39 is 0 Å². The van der Waals surface area contributed by atoms with Gasteiger partial charge in [0.15, 0.2) is 5.82 Å². The van der Waals surface area contributed by atoms with Crippen LogP contribution >= 0.6 is 0 Å². The lowest BCUT2D eigenvalue weighted by molar-refractivity contribution is -0.124. The van der Waals surface area contributed by atoms with E-state index in [0.29, 0.717) is 24.5 Å². The Kier molecular flexibility index (Phi) is 7.81. The predicted octanol–water partition coefficient (Wildman–Crippen LogP) is 3.69. The minimum absolute atomic E-state index is 0.110. The van der Waals surface area contributed by atoms with Gasteiger partial charge >= 0.3 is 0 Å². The van der Waals surface area contributed by atoms with Crippen LogP contribution in [0.3, 0.4) is 0 Å². The Balaban J connectivity index is 1.55.